The van der Waals surface area contributed by atoms with Crippen LogP contribution in [0.5, 0.6) is 5.75 Å². The Hall–Kier alpha value is -2.21. The first-order valence-electron chi connectivity index (χ1n) is 4.98. The molecule has 94 valence electrons. The van der Waals surface area contributed by atoms with E-state index in [1.54, 1.807) is 6.92 Å². The van der Waals surface area contributed by atoms with Gasteiger partial charge in [-0.2, -0.15) is 0 Å². The Morgan fingerprint density at radius 1 is 1.33 bits per heavy atom. The number of amides is 1. The van der Waals surface area contributed by atoms with Gasteiger partial charge in [0.05, 0.1) is 0 Å². The lowest BCUT2D eigenvalue weighted by atomic mass is 10.2. The summed E-state index contributed by atoms with van der Waals surface area (Å²) in [5, 5.41) is 2.19. The number of thiocarbonyl (C=S) groups is 1. The van der Waals surface area contributed by atoms with Gasteiger partial charge in [0.25, 0.3) is 5.91 Å². The molecule has 1 aromatic carbocycles. The number of carbonyl (C=O) groups excluding carboxylic acids is 2. The third-order valence-corrected chi connectivity index (χ3v) is 2.01. The zero-order chi connectivity index (χ0) is 13.7. The van der Waals surface area contributed by atoms with Gasteiger partial charge >= 0.3 is 5.97 Å². The van der Waals surface area contributed by atoms with Crippen molar-refractivity contribution in [2.24, 2.45) is 5.73 Å². The van der Waals surface area contributed by atoms with Gasteiger partial charge in [0, 0.05) is 11.1 Å². The largest absolute Gasteiger partial charge is 0.423 e. The lowest BCUT2D eigenvalue weighted by Gasteiger charge is -2.05. The second-order valence-corrected chi connectivity index (χ2v) is 3.95. The van der Waals surface area contributed by atoms with Gasteiger partial charge in [-0.25, -0.2) is 4.79 Å². The Morgan fingerprint density at radius 3 is 2.33 bits per heavy atom. The molecule has 1 rings (SSSR count). The zero-order valence-corrected chi connectivity index (χ0v) is 10.5. The number of hydrogen-bond donors (Lipinski definition) is 2. The molecule has 1 aromatic rings. The van der Waals surface area contributed by atoms with Gasteiger partial charge in [-0.05, 0) is 43.4 Å². The van der Waals surface area contributed by atoms with Gasteiger partial charge in [-0.3, -0.25) is 10.1 Å². The van der Waals surface area contributed by atoms with E-state index in [1.807, 2.05) is 0 Å². The highest BCUT2D eigenvalue weighted by atomic mass is 32.1. The summed E-state index contributed by atoms with van der Waals surface area (Å²) in [4.78, 5) is 22.7. The molecule has 0 aliphatic heterocycles. The van der Waals surface area contributed by atoms with E-state index in [9.17, 15) is 9.59 Å². The van der Waals surface area contributed by atoms with Crippen LogP contribution in [0.25, 0.3) is 0 Å². The topological polar surface area (TPSA) is 81.4 Å². The number of ether oxygens (including phenoxy) is 1. The van der Waals surface area contributed by atoms with Crippen molar-refractivity contribution >= 4 is 29.2 Å². The fraction of sp³-hybridized carbons (Fsp3) is 0.0833. The summed E-state index contributed by atoms with van der Waals surface area (Å²) in [5.74, 6) is -0.606. The maximum absolute atomic E-state index is 11.5. The van der Waals surface area contributed by atoms with E-state index in [0.29, 0.717) is 16.9 Å². The molecule has 0 aromatic heterocycles. The predicted octanol–water partition coefficient (Wildman–Crippen LogP) is 1.14. The Bertz CT molecular complexity index is 509. The van der Waals surface area contributed by atoms with Crippen LogP contribution in [0.3, 0.4) is 0 Å². The lowest BCUT2D eigenvalue weighted by molar-refractivity contribution is -0.130. The molecule has 0 saturated heterocycles. The van der Waals surface area contributed by atoms with Crippen molar-refractivity contribution in [1.29, 1.82) is 0 Å². The van der Waals surface area contributed by atoms with Crippen LogP contribution < -0.4 is 15.8 Å². The van der Waals surface area contributed by atoms with E-state index in [4.69, 9.17) is 10.5 Å². The zero-order valence-electron chi connectivity index (χ0n) is 9.73. The maximum atomic E-state index is 11.5. The van der Waals surface area contributed by atoms with Crippen LogP contribution in [-0.2, 0) is 4.79 Å². The number of esters is 1. The highest BCUT2D eigenvalue weighted by molar-refractivity contribution is 7.80. The third kappa shape index (κ3) is 3.99. The summed E-state index contributed by atoms with van der Waals surface area (Å²) in [6, 6.07) is 5.98. The van der Waals surface area contributed by atoms with Gasteiger partial charge in [-0.15, -0.1) is 0 Å². The molecular formula is C12H12N2O3S. The number of carbonyl (C=O) groups is 2. The van der Waals surface area contributed by atoms with Crippen molar-refractivity contribution < 1.29 is 14.3 Å². The minimum Gasteiger partial charge on any atom is -0.423 e. The van der Waals surface area contributed by atoms with Gasteiger partial charge in [0.15, 0.2) is 5.11 Å². The molecule has 0 unspecified atom stereocenters. The van der Waals surface area contributed by atoms with E-state index in [1.165, 1.54) is 24.3 Å². The SMILES string of the molecule is C=C(C)C(=O)Oc1ccc(C(=O)NC(N)=S)cc1. The maximum Gasteiger partial charge on any atom is 0.338 e. The Kier molecular flexibility index (Phi) is 4.56. The molecule has 3 N–H and O–H groups in total. The van der Waals surface area contributed by atoms with Gasteiger partial charge < -0.3 is 10.5 Å². The van der Waals surface area contributed by atoms with Crippen LogP contribution >= 0.6 is 12.2 Å². The molecule has 0 spiro atoms. The fourth-order valence-electron chi connectivity index (χ4n) is 1.05. The van der Waals surface area contributed by atoms with Crippen molar-refractivity contribution in [2.45, 2.75) is 6.92 Å². The molecule has 0 heterocycles. The van der Waals surface area contributed by atoms with Gasteiger partial charge in [0.2, 0.25) is 0 Å². The predicted molar refractivity (Wildman–Crippen MR) is 71.1 cm³/mol. The molecular weight excluding hydrogens is 252 g/mol. The average Bonchev–Trinajstić information content (AvgIpc) is 2.28. The van der Waals surface area contributed by atoms with Crippen molar-refractivity contribution in [1.82, 2.24) is 5.32 Å². The van der Waals surface area contributed by atoms with Gasteiger partial charge in [0.1, 0.15) is 5.75 Å². The second-order valence-electron chi connectivity index (χ2n) is 3.51. The van der Waals surface area contributed by atoms with Crippen molar-refractivity contribution in [2.75, 3.05) is 0 Å². The van der Waals surface area contributed by atoms with Crippen LogP contribution in [-0.4, -0.2) is 17.0 Å². The molecule has 18 heavy (non-hydrogen) atoms. The number of hydrogen-bond acceptors (Lipinski definition) is 4. The first-order valence-corrected chi connectivity index (χ1v) is 5.39. The number of benzene rings is 1. The number of nitrogens with two attached hydrogens (primary N) is 1. The van der Waals surface area contributed by atoms with Crippen molar-refractivity contribution in [3.8, 4) is 5.75 Å². The quantitative estimate of drug-likeness (QED) is 0.370. The number of nitrogens with one attached hydrogen (secondary N) is 1. The van der Waals surface area contributed by atoms with E-state index in [2.05, 4.69) is 24.1 Å². The van der Waals surface area contributed by atoms with Crippen molar-refractivity contribution in [3.05, 3.63) is 42.0 Å². The van der Waals surface area contributed by atoms with Crippen molar-refractivity contribution in [3.63, 3.8) is 0 Å². The summed E-state index contributed by atoms with van der Waals surface area (Å²) in [6.45, 7) is 5.01. The fourth-order valence-corrected chi connectivity index (χ4v) is 1.15. The summed E-state index contributed by atoms with van der Waals surface area (Å²) in [5.41, 5.74) is 5.84. The first kappa shape index (κ1) is 13.9. The minimum atomic E-state index is -0.518. The Morgan fingerprint density at radius 2 is 1.89 bits per heavy atom. The molecule has 1 amide bonds. The lowest BCUT2D eigenvalue weighted by Crippen LogP contribution is -2.34. The summed E-state index contributed by atoms with van der Waals surface area (Å²) in [7, 11) is 0. The summed E-state index contributed by atoms with van der Waals surface area (Å²) < 4.78 is 4.97. The van der Waals surface area contributed by atoms with Crippen LogP contribution in [0.15, 0.2) is 36.4 Å². The van der Waals surface area contributed by atoms with Crippen LogP contribution in [0, 0.1) is 0 Å². The minimum absolute atomic E-state index is 0.0993. The third-order valence-electron chi connectivity index (χ3n) is 1.91. The highest BCUT2D eigenvalue weighted by Crippen LogP contribution is 2.13. The molecule has 0 radical (unpaired) electrons. The van der Waals surface area contributed by atoms with E-state index < -0.39 is 11.9 Å². The van der Waals surface area contributed by atoms with Gasteiger partial charge in [-0.1, -0.05) is 6.58 Å². The molecule has 6 heteroatoms. The summed E-state index contributed by atoms with van der Waals surface area (Å²) in [6.07, 6.45) is 0. The monoisotopic (exact) mass is 264 g/mol. The highest BCUT2D eigenvalue weighted by Gasteiger charge is 2.08. The van der Waals surface area contributed by atoms with Crippen LogP contribution in [0.1, 0.15) is 17.3 Å². The standard InChI is InChI=1S/C12H12N2O3S/c1-7(2)11(16)17-9-5-3-8(4-6-9)10(15)14-12(13)18/h3-6H,1H2,2H3,(H3,13,14,15,18). The van der Waals surface area contributed by atoms with Crippen LogP contribution in [0.2, 0.25) is 0 Å². The van der Waals surface area contributed by atoms with E-state index in [0.717, 1.165) is 0 Å². The molecule has 0 aliphatic carbocycles. The molecule has 0 fully saturated rings. The number of rotatable bonds is 3. The Balaban J connectivity index is 2.74. The molecule has 0 aliphatic rings. The molecule has 0 bridgehead atoms. The Labute approximate surface area is 110 Å². The average molecular weight is 264 g/mol. The van der Waals surface area contributed by atoms with E-state index >= 15 is 0 Å². The smallest absolute Gasteiger partial charge is 0.338 e. The molecule has 0 atom stereocenters. The second kappa shape index (κ2) is 5.92. The molecule has 5 nitrogen and oxygen atoms in total. The molecule has 0 saturated carbocycles. The van der Waals surface area contributed by atoms with E-state index in [-0.39, 0.29) is 5.11 Å². The van der Waals surface area contributed by atoms with Crippen LogP contribution in [0.4, 0.5) is 0 Å². The first-order chi connectivity index (χ1) is 8.40. The summed E-state index contributed by atoms with van der Waals surface area (Å²) >= 11 is 4.55. The normalized spacial score (nSPS) is 9.39.